The van der Waals surface area contributed by atoms with Gasteiger partial charge in [-0.3, -0.25) is 9.52 Å². The van der Waals surface area contributed by atoms with Crippen molar-refractivity contribution in [3.63, 3.8) is 0 Å². The van der Waals surface area contributed by atoms with E-state index in [2.05, 4.69) is 14.7 Å². The Hall–Kier alpha value is -2.89. The molecule has 1 aromatic heterocycles. The maximum atomic E-state index is 13.6. The van der Waals surface area contributed by atoms with Crippen LogP contribution >= 0.6 is 0 Å². The molecule has 1 aliphatic heterocycles. The van der Waals surface area contributed by atoms with Crippen LogP contribution in [0.3, 0.4) is 0 Å². The van der Waals surface area contributed by atoms with Gasteiger partial charge in [0, 0.05) is 17.5 Å². The highest BCUT2D eigenvalue weighted by Crippen LogP contribution is 2.33. The molecule has 196 valence electrons. The van der Waals surface area contributed by atoms with E-state index in [9.17, 15) is 22.7 Å². The predicted octanol–water partition coefficient (Wildman–Crippen LogP) is 4.57. The lowest BCUT2D eigenvalue weighted by molar-refractivity contribution is -0.290. The van der Waals surface area contributed by atoms with Crippen LogP contribution in [0.15, 0.2) is 30.3 Å². The number of carboxylic acids is 1. The Morgan fingerprint density at radius 2 is 1.92 bits per heavy atom. The molecule has 0 radical (unpaired) electrons. The van der Waals surface area contributed by atoms with Gasteiger partial charge in [0.05, 0.1) is 35.8 Å². The van der Waals surface area contributed by atoms with Crippen molar-refractivity contribution in [1.29, 1.82) is 0 Å². The first-order chi connectivity index (χ1) is 16.8. The highest BCUT2D eigenvalue weighted by atomic mass is 32.2. The normalized spacial score (nSPS) is 20.1. The van der Waals surface area contributed by atoms with Gasteiger partial charge in [0.15, 0.2) is 5.79 Å². The van der Waals surface area contributed by atoms with Crippen molar-refractivity contribution in [1.82, 2.24) is 9.97 Å². The number of aromatic nitrogens is 2. The van der Waals surface area contributed by atoms with Gasteiger partial charge in [-0.15, -0.1) is 0 Å². The van der Waals surface area contributed by atoms with Gasteiger partial charge >= 0.3 is 5.97 Å². The van der Waals surface area contributed by atoms with Crippen LogP contribution in [0.1, 0.15) is 64.6 Å². The number of benzene rings is 1. The topological polar surface area (TPSA) is 128 Å². The zero-order chi connectivity index (χ0) is 26.7. The van der Waals surface area contributed by atoms with Crippen molar-refractivity contribution in [2.45, 2.75) is 71.4 Å². The number of carbonyl (C=O) groups is 1. The lowest BCUT2D eigenvalue weighted by Crippen LogP contribution is -2.44. The molecule has 2 heterocycles. The average molecular weight is 522 g/mol. The van der Waals surface area contributed by atoms with Crippen molar-refractivity contribution in [3.8, 4) is 11.3 Å². The minimum atomic E-state index is -3.63. The molecule has 1 aromatic carbocycles. The Kier molecular flexibility index (Phi) is 8.48. The first-order valence-corrected chi connectivity index (χ1v) is 13.4. The number of anilines is 1. The summed E-state index contributed by atoms with van der Waals surface area (Å²) in [6, 6.07) is 5.73. The average Bonchev–Trinajstić information content (AvgIpc) is 2.76. The van der Waals surface area contributed by atoms with Crippen molar-refractivity contribution < 1.29 is 32.2 Å². The van der Waals surface area contributed by atoms with Crippen molar-refractivity contribution >= 4 is 28.0 Å². The molecule has 0 saturated carbocycles. The fraction of sp³-hybridized carbons (Fsp3) is 0.480. The van der Waals surface area contributed by atoms with Crippen molar-refractivity contribution in [2.24, 2.45) is 0 Å². The number of nitrogens with one attached hydrogen (secondary N) is 1. The van der Waals surface area contributed by atoms with Gasteiger partial charge in [-0.2, -0.15) is 0 Å². The maximum absolute atomic E-state index is 13.6. The third-order valence-corrected chi connectivity index (χ3v) is 6.78. The SMILES string of the molecule is CCS(=O)(=O)Nc1nc(-c2ccc(F)cc2)c(/C=C/[C@@H]2C[C@H](CC(=O)O)OC(C)(C)O2)c(C(C)C)n1. The van der Waals surface area contributed by atoms with Crippen LogP contribution in [-0.4, -0.2) is 53.2 Å². The summed E-state index contributed by atoms with van der Waals surface area (Å²) in [6.45, 7) is 8.80. The lowest BCUT2D eigenvalue weighted by Gasteiger charge is -2.39. The van der Waals surface area contributed by atoms with Gasteiger partial charge in [-0.25, -0.2) is 22.8 Å². The summed E-state index contributed by atoms with van der Waals surface area (Å²) in [4.78, 5) is 20.2. The Bertz CT molecular complexity index is 1230. The Balaban J connectivity index is 2.09. The molecule has 2 atom stereocenters. The van der Waals surface area contributed by atoms with E-state index in [0.29, 0.717) is 28.9 Å². The highest BCUT2D eigenvalue weighted by Gasteiger charge is 2.35. The number of hydrogen-bond donors (Lipinski definition) is 2. The Morgan fingerprint density at radius 1 is 1.25 bits per heavy atom. The molecule has 2 N–H and O–H groups in total. The van der Waals surface area contributed by atoms with Gasteiger partial charge in [0.1, 0.15) is 5.82 Å². The molecule has 11 heteroatoms. The van der Waals surface area contributed by atoms with Gasteiger partial charge in [-0.05, 0) is 51.0 Å². The van der Waals surface area contributed by atoms with E-state index < -0.39 is 39.8 Å². The fourth-order valence-corrected chi connectivity index (χ4v) is 4.48. The molecule has 2 aromatic rings. The number of carboxylic acid groups (broad SMARTS) is 1. The Morgan fingerprint density at radius 3 is 2.50 bits per heavy atom. The summed E-state index contributed by atoms with van der Waals surface area (Å²) >= 11 is 0. The molecule has 0 unspecified atom stereocenters. The number of ether oxygens (including phenoxy) is 2. The number of aliphatic carboxylic acids is 1. The van der Waals surface area contributed by atoms with E-state index in [1.165, 1.54) is 19.1 Å². The van der Waals surface area contributed by atoms with Crippen LogP contribution in [-0.2, 0) is 24.3 Å². The van der Waals surface area contributed by atoms with E-state index in [1.807, 2.05) is 13.8 Å². The number of sulfonamides is 1. The molecule has 0 amide bonds. The first-order valence-electron chi connectivity index (χ1n) is 11.7. The monoisotopic (exact) mass is 521 g/mol. The van der Waals surface area contributed by atoms with Gasteiger partial charge < -0.3 is 14.6 Å². The van der Waals surface area contributed by atoms with E-state index >= 15 is 0 Å². The lowest BCUT2D eigenvalue weighted by atomic mass is 9.97. The highest BCUT2D eigenvalue weighted by molar-refractivity contribution is 7.92. The van der Waals surface area contributed by atoms with Crippen LogP contribution < -0.4 is 4.72 Å². The number of hydrogen-bond acceptors (Lipinski definition) is 7. The first kappa shape index (κ1) is 27.7. The summed E-state index contributed by atoms with van der Waals surface area (Å²) in [5.41, 5.74) is 2.21. The van der Waals surface area contributed by atoms with Crippen molar-refractivity contribution in [3.05, 3.63) is 47.4 Å². The number of nitrogens with zero attached hydrogens (tertiary/aromatic N) is 2. The molecule has 0 spiro atoms. The molecule has 0 aliphatic carbocycles. The maximum Gasteiger partial charge on any atom is 0.305 e. The second-order valence-corrected chi connectivity index (χ2v) is 11.4. The second kappa shape index (κ2) is 11.0. The zero-order valence-electron chi connectivity index (χ0n) is 21.0. The largest absolute Gasteiger partial charge is 0.481 e. The van der Waals surface area contributed by atoms with Crippen LogP contribution in [0.5, 0.6) is 0 Å². The van der Waals surface area contributed by atoms with Crippen LogP contribution in [0.2, 0.25) is 0 Å². The summed E-state index contributed by atoms with van der Waals surface area (Å²) in [7, 11) is -3.63. The molecule has 1 saturated heterocycles. The molecule has 1 aliphatic rings. The summed E-state index contributed by atoms with van der Waals surface area (Å²) in [6.07, 6.45) is 2.80. The van der Waals surface area contributed by atoms with E-state index in [4.69, 9.17) is 9.47 Å². The molecule has 9 nitrogen and oxygen atoms in total. The van der Waals surface area contributed by atoms with Gasteiger partial charge in [0.25, 0.3) is 0 Å². The number of halogens is 1. The van der Waals surface area contributed by atoms with Crippen molar-refractivity contribution in [2.75, 3.05) is 10.5 Å². The van der Waals surface area contributed by atoms with Crippen LogP contribution in [0, 0.1) is 5.82 Å². The molecular formula is C25H32FN3O6S. The third-order valence-electron chi connectivity index (χ3n) is 5.53. The third kappa shape index (κ3) is 7.31. The van der Waals surface area contributed by atoms with Crippen LogP contribution in [0.4, 0.5) is 10.3 Å². The predicted molar refractivity (Wildman–Crippen MR) is 134 cm³/mol. The Labute approximate surface area is 210 Å². The van der Waals surface area contributed by atoms with E-state index in [1.54, 1.807) is 38.1 Å². The fourth-order valence-electron chi connectivity index (χ4n) is 3.97. The molecular weight excluding hydrogens is 489 g/mol. The molecule has 3 rings (SSSR count). The summed E-state index contributed by atoms with van der Waals surface area (Å²) < 4.78 is 52.2. The van der Waals surface area contributed by atoms with E-state index in [-0.39, 0.29) is 24.0 Å². The van der Waals surface area contributed by atoms with Crippen LogP contribution in [0.25, 0.3) is 17.3 Å². The standard InChI is InChI=1S/C25H32FN3O6S/c1-6-36(32,33)29-24-27-22(15(2)3)20(23(28-24)16-7-9-17(26)10-8-16)12-11-18-13-19(14-21(30)31)35-25(4,5)34-18/h7-12,15,18-19H,6,13-14H2,1-5H3,(H,30,31)(H,27,28,29)/b12-11+/t18-,19-/m1/s1. The minimum absolute atomic E-state index is 0.0676. The quantitative estimate of drug-likeness (QED) is 0.491. The minimum Gasteiger partial charge on any atom is -0.481 e. The molecule has 0 bridgehead atoms. The summed E-state index contributed by atoms with van der Waals surface area (Å²) in [5, 5.41) is 9.20. The second-order valence-electron chi connectivity index (χ2n) is 9.35. The smallest absolute Gasteiger partial charge is 0.305 e. The van der Waals surface area contributed by atoms with E-state index in [0.717, 1.165) is 0 Å². The zero-order valence-corrected chi connectivity index (χ0v) is 21.8. The van der Waals surface area contributed by atoms with Gasteiger partial charge in [0.2, 0.25) is 16.0 Å². The summed E-state index contributed by atoms with van der Waals surface area (Å²) in [5.74, 6) is -2.67. The molecule has 1 fully saturated rings. The van der Waals surface area contributed by atoms with Gasteiger partial charge in [-0.1, -0.05) is 26.0 Å². The molecule has 36 heavy (non-hydrogen) atoms. The number of rotatable bonds is 9.